The van der Waals surface area contributed by atoms with E-state index in [2.05, 4.69) is 20.9 Å². The van der Waals surface area contributed by atoms with Gasteiger partial charge in [0.2, 0.25) is 0 Å². The van der Waals surface area contributed by atoms with Gasteiger partial charge in [0.1, 0.15) is 5.75 Å². The van der Waals surface area contributed by atoms with Crippen LogP contribution in [0.4, 0.5) is 0 Å². The van der Waals surface area contributed by atoms with E-state index in [1.54, 1.807) is 13.1 Å². The zero-order valence-electron chi connectivity index (χ0n) is 10.7. The highest BCUT2D eigenvalue weighted by atomic mass is 79.9. The number of hydrogen-bond donors (Lipinski definition) is 1. The van der Waals surface area contributed by atoms with E-state index in [4.69, 9.17) is 4.74 Å². The van der Waals surface area contributed by atoms with Crippen LogP contribution in [0.25, 0.3) is 0 Å². The van der Waals surface area contributed by atoms with Gasteiger partial charge in [0.05, 0.1) is 12.7 Å². The fourth-order valence-electron chi connectivity index (χ4n) is 1.79. The summed E-state index contributed by atoms with van der Waals surface area (Å²) < 4.78 is 6.67. The number of nitrogens with zero attached hydrogens (tertiary/aromatic N) is 1. The number of rotatable bonds is 5. The normalized spacial score (nSPS) is 12.2. The lowest BCUT2D eigenvalue weighted by Crippen LogP contribution is -2.05. The molecule has 0 bridgehead atoms. The molecule has 0 spiro atoms. The molecule has 19 heavy (non-hydrogen) atoms. The van der Waals surface area contributed by atoms with Gasteiger partial charge < -0.3 is 9.84 Å². The summed E-state index contributed by atoms with van der Waals surface area (Å²) in [7, 11) is 0. The van der Waals surface area contributed by atoms with Crippen LogP contribution < -0.4 is 4.74 Å². The van der Waals surface area contributed by atoms with Crippen molar-refractivity contribution in [2.24, 2.45) is 0 Å². The van der Waals surface area contributed by atoms with Gasteiger partial charge in [-0.2, -0.15) is 0 Å². The molecule has 1 N–H and O–H groups in total. The quantitative estimate of drug-likeness (QED) is 0.916. The molecule has 2 aromatic rings. The Morgan fingerprint density at radius 2 is 2.16 bits per heavy atom. The number of ether oxygens (including phenoxy) is 1. The van der Waals surface area contributed by atoms with E-state index in [1.807, 2.05) is 36.4 Å². The van der Waals surface area contributed by atoms with Crippen molar-refractivity contribution in [3.8, 4) is 5.75 Å². The molecule has 1 heterocycles. The molecule has 0 amide bonds. The Hall–Kier alpha value is -1.39. The molecule has 0 fully saturated rings. The van der Waals surface area contributed by atoms with Crippen LogP contribution in [-0.2, 0) is 6.42 Å². The van der Waals surface area contributed by atoms with Crippen LogP contribution in [0.1, 0.15) is 24.3 Å². The molecular weight excluding hydrogens is 306 g/mol. The number of hydrogen-bond acceptors (Lipinski definition) is 3. The largest absolute Gasteiger partial charge is 0.493 e. The molecule has 0 aliphatic rings. The maximum Gasteiger partial charge on any atom is 0.125 e. The molecule has 1 unspecified atom stereocenters. The highest BCUT2D eigenvalue weighted by molar-refractivity contribution is 9.10. The molecule has 0 saturated heterocycles. The summed E-state index contributed by atoms with van der Waals surface area (Å²) in [6, 6.07) is 11.5. The zero-order chi connectivity index (χ0) is 13.7. The predicted molar refractivity (Wildman–Crippen MR) is 78.2 cm³/mol. The molecule has 2 rings (SSSR count). The van der Waals surface area contributed by atoms with Gasteiger partial charge in [-0.15, -0.1) is 0 Å². The van der Waals surface area contributed by atoms with Crippen molar-refractivity contribution in [2.75, 3.05) is 6.61 Å². The Labute approximate surface area is 121 Å². The van der Waals surface area contributed by atoms with Crippen molar-refractivity contribution < 1.29 is 9.84 Å². The standard InChI is InChI=1S/C15H16BrNO2/c1-11(18)14-10-12(16)5-6-15(14)19-9-7-13-4-2-3-8-17-13/h2-6,8,10-11,18H,7,9H2,1H3. The third-order valence-corrected chi connectivity index (χ3v) is 3.26. The van der Waals surface area contributed by atoms with Crippen molar-refractivity contribution in [2.45, 2.75) is 19.4 Å². The second-order valence-electron chi connectivity index (χ2n) is 4.28. The predicted octanol–water partition coefficient (Wildman–Crippen LogP) is 3.52. The number of aliphatic hydroxyl groups excluding tert-OH is 1. The van der Waals surface area contributed by atoms with Crippen molar-refractivity contribution >= 4 is 15.9 Å². The van der Waals surface area contributed by atoms with Gasteiger partial charge in [-0.25, -0.2) is 0 Å². The van der Waals surface area contributed by atoms with Crippen LogP contribution in [0.5, 0.6) is 5.75 Å². The van der Waals surface area contributed by atoms with E-state index in [-0.39, 0.29) is 0 Å². The Bertz CT molecular complexity index is 529. The molecule has 0 aliphatic heterocycles. The molecule has 1 aromatic carbocycles. The van der Waals surface area contributed by atoms with Crippen LogP contribution >= 0.6 is 15.9 Å². The third-order valence-electron chi connectivity index (χ3n) is 2.76. The second kappa shape index (κ2) is 6.68. The van der Waals surface area contributed by atoms with E-state index >= 15 is 0 Å². The van der Waals surface area contributed by atoms with Gasteiger partial charge in [0, 0.05) is 28.3 Å². The van der Waals surface area contributed by atoms with E-state index in [9.17, 15) is 5.11 Å². The van der Waals surface area contributed by atoms with Gasteiger partial charge in [-0.3, -0.25) is 4.98 Å². The van der Waals surface area contributed by atoms with Crippen molar-refractivity contribution in [1.82, 2.24) is 4.98 Å². The molecule has 0 radical (unpaired) electrons. The number of aliphatic hydroxyl groups is 1. The molecule has 3 nitrogen and oxygen atoms in total. The lowest BCUT2D eigenvalue weighted by atomic mass is 10.1. The van der Waals surface area contributed by atoms with E-state index in [0.717, 1.165) is 22.2 Å². The summed E-state index contributed by atoms with van der Waals surface area (Å²) in [6.07, 6.45) is 1.97. The molecule has 100 valence electrons. The first-order valence-corrected chi connectivity index (χ1v) is 6.96. The molecule has 4 heteroatoms. The van der Waals surface area contributed by atoms with Crippen LogP contribution in [0.3, 0.4) is 0 Å². The highest BCUT2D eigenvalue weighted by Crippen LogP contribution is 2.28. The average molecular weight is 322 g/mol. The molecule has 0 aliphatic carbocycles. The van der Waals surface area contributed by atoms with E-state index in [1.165, 1.54) is 0 Å². The maximum atomic E-state index is 9.73. The monoisotopic (exact) mass is 321 g/mol. The minimum absolute atomic E-state index is 0.540. The maximum absolute atomic E-state index is 9.73. The number of pyridine rings is 1. The van der Waals surface area contributed by atoms with Crippen LogP contribution in [0.15, 0.2) is 47.1 Å². The number of halogens is 1. The summed E-state index contributed by atoms with van der Waals surface area (Å²) >= 11 is 3.39. The minimum Gasteiger partial charge on any atom is -0.493 e. The highest BCUT2D eigenvalue weighted by Gasteiger charge is 2.09. The first-order valence-electron chi connectivity index (χ1n) is 6.17. The Morgan fingerprint density at radius 1 is 1.32 bits per heavy atom. The minimum atomic E-state index is -0.553. The van der Waals surface area contributed by atoms with Gasteiger partial charge in [-0.05, 0) is 37.3 Å². The van der Waals surface area contributed by atoms with Crippen molar-refractivity contribution in [1.29, 1.82) is 0 Å². The molecule has 1 atom stereocenters. The van der Waals surface area contributed by atoms with Crippen LogP contribution in [-0.4, -0.2) is 16.7 Å². The Morgan fingerprint density at radius 3 is 2.84 bits per heavy atom. The first-order chi connectivity index (χ1) is 9.16. The Balaban J connectivity index is 2.00. The first kappa shape index (κ1) is 14.0. The van der Waals surface area contributed by atoms with Gasteiger partial charge >= 0.3 is 0 Å². The molecular formula is C15H16BrNO2. The van der Waals surface area contributed by atoms with Crippen LogP contribution in [0.2, 0.25) is 0 Å². The Kier molecular flexibility index (Phi) is 4.93. The number of aromatic nitrogens is 1. The lowest BCUT2D eigenvalue weighted by molar-refractivity contribution is 0.191. The fraction of sp³-hybridized carbons (Fsp3) is 0.267. The second-order valence-corrected chi connectivity index (χ2v) is 5.19. The average Bonchev–Trinajstić information content (AvgIpc) is 2.41. The van der Waals surface area contributed by atoms with Gasteiger partial charge in [-0.1, -0.05) is 22.0 Å². The SMILES string of the molecule is CC(O)c1cc(Br)ccc1OCCc1ccccn1. The van der Waals surface area contributed by atoms with Crippen molar-refractivity contribution in [3.63, 3.8) is 0 Å². The lowest BCUT2D eigenvalue weighted by Gasteiger charge is -2.13. The van der Waals surface area contributed by atoms with E-state index in [0.29, 0.717) is 12.4 Å². The van der Waals surface area contributed by atoms with E-state index < -0.39 is 6.10 Å². The van der Waals surface area contributed by atoms with Gasteiger partial charge in [0.15, 0.2) is 0 Å². The van der Waals surface area contributed by atoms with Crippen molar-refractivity contribution in [3.05, 3.63) is 58.3 Å². The summed E-state index contributed by atoms with van der Waals surface area (Å²) in [5, 5.41) is 9.73. The van der Waals surface area contributed by atoms with Gasteiger partial charge in [0.25, 0.3) is 0 Å². The summed E-state index contributed by atoms with van der Waals surface area (Å²) in [5.74, 6) is 0.717. The number of benzene rings is 1. The van der Waals surface area contributed by atoms with Crippen LogP contribution in [0, 0.1) is 0 Å². The molecule has 1 aromatic heterocycles. The summed E-state index contributed by atoms with van der Waals surface area (Å²) in [6.45, 7) is 2.27. The topological polar surface area (TPSA) is 42.4 Å². The fourth-order valence-corrected chi connectivity index (χ4v) is 2.17. The third kappa shape index (κ3) is 4.04. The zero-order valence-corrected chi connectivity index (χ0v) is 12.3. The summed E-state index contributed by atoms with van der Waals surface area (Å²) in [5.41, 5.74) is 1.79. The molecule has 0 saturated carbocycles. The smallest absolute Gasteiger partial charge is 0.125 e. The summed E-state index contributed by atoms with van der Waals surface area (Å²) in [4.78, 5) is 4.24.